The summed E-state index contributed by atoms with van der Waals surface area (Å²) < 4.78 is 6.04. The average molecular weight is 342 g/mol. The number of benzene rings is 1. The van der Waals surface area contributed by atoms with E-state index < -0.39 is 0 Å². The Bertz CT molecular complexity index is 643. The number of rotatable bonds is 5. The van der Waals surface area contributed by atoms with Gasteiger partial charge >= 0.3 is 0 Å². The molecule has 25 heavy (non-hydrogen) atoms. The number of ether oxygens (including phenoxy) is 1. The summed E-state index contributed by atoms with van der Waals surface area (Å²) in [5.74, 6) is 1.55. The molecule has 0 N–H and O–H groups in total. The highest BCUT2D eigenvalue weighted by atomic mass is 16.5. The van der Waals surface area contributed by atoms with Gasteiger partial charge in [0.1, 0.15) is 0 Å². The molecule has 1 aromatic carbocycles. The smallest absolute Gasteiger partial charge is 0.253 e. The van der Waals surface area contributed by atoms with Crippen LogP contribution in [0.5, 0.6) is 0 Å². The molecule has 4 heteroatoms. The number of hydrogen-bond acceptors (Lipinski definition) is 3. The molecule has 0 aromatic heterocycles. The van der Waals surface area contributed by atoms with E-state index in [4.69, 9.17) is 4.74 Å². The molecule has 0 bridgehead atoms. The van der Waals surface area contributed by atoms with Crippen LogP contribution in [0.3, 0.4) is 0 Å². The second-order valence-corrected chi connectivity index (χ2v) is 8.58. The van der Waals surface area contributed by atoms with Crippen molar-refractivity contribution in [1.82, 2.24) is 9.80 Å². The molecule has 3 fully saturated rings. The first-order chi connectivity index (χ1) is 12.1. The van der Waals surface area contributed by atoms with E-state index in [2.05, 4.69) is 16.8 Å². The van der Waals surface area contributed by atoms with Crippen molar-refractivity contribution in [2.75, 3.05) is 46.4 Å². The maximum absolute atomic E-state index is 12.9. The molecule has 2 heterocycles. The van der Waals surface area contributed by atoms with Crippen molar-refractivity contribution >= 4 is 5.91 Å². The van der Waals surface area contributed by atoms with E-state index in [9.17, 15) is 4.79 Å². The van der Waals surface area contributed by atoms with Crippen LogP contribution < -0.4 is 0 Å². The van der Waals surface area contributed by atoms with Gasteiger partial charge in [-0.3, -0.25) is 4.79 Å². The quantitative estimate of drug-likeness (QED) is 0.825. The Morgan fingerprint density at radius 2 is 2.12 bits per heavy atom. The van der Waals surface area contributed by atoms with Crippen molar-refractivity contribution in [3.05, 3.63) is 35.4 Å². The molecule has 0 radical (unpaired) electrons. The minimum Gasteiger partial charge on any atom is -0.381 e. The molecular formula is C21H30N2O2. The fourth-order valence-corrected chi connectivity index (χ4v) is 4.68. The largest absolute Gasteiger partial charge is 0.381 e. The zero-order valence-corrected chi connectivity index (χ0v) is 15.5. The zero-order valence-electron chi connectivity index (χ0n) is 15.5. The van der Waals surface area contributed by atoms with Crippen molar-refractivity contribution < 1.29 is 9.53 Å². The van der Waals surface area contributed by atoms with Crippen LogP contribution in [0.4, 0.5) is 0 Å². The number of carbonyl (C=O) groups is 1. The van der Waals surface area contributed by atoms with E-state index in [1.165, 1.54) is 12.8 Å². The summed E-state index contributed by atoms with van der Waals surface area (Å²) >= 11 is 0. The minimum atomic E-state index is 0.188. The van der Waals surface area contributed by atoms with Crippen LogP contribution in [0.1, 0.15) is 35.2 Å². The van der Waals surface area contributed by atoms with Gasteiger partial charge in [-0.2, -0.15) is 0 Å². The minimum absolute atomic E-state index is 0.188. The molecule has 4 rings (SSSR count). The van der Waals surface area contributed by atoms with Crippen LogP contribution in [0.2, 0.25) is 0 Å². The maximum atomic E-state index is 12.9. The Morgan fingerprint density at radius 3 is 2.88 bits per heavy atom. The van der Waals surface area contributed by atoms with Gasteiger partial charge in [0, 0.05) is 49.7 Å². The summed E-state index contributed by atoms with van der Waals surface area (Å²) in [4.78, 5) is 17.4. The Labute approximate surface area is 151 Å². The van der Waals surface area contributed by atoms with Crippen LogP contribution in [0.15, 0.2) is 24.3 Å². The van der Waals surface area contributed by atoms with E-state index in [0.717, 1.165) is 62.9 Å². The summed E-state index contributed by atoms with van der Waals surface area (Å²) in [5, 5.41) is 0. The van der Waals surface area contributed by atoms with E-state index in [1.54, 1.807) is 0 Å². The van der Waals surface area contributed by atoms with Gasteiger partial charge in [-0.1, -0.05) is 17.7 Å². The molecule has 0 unspecified atom stereocenters. The Balaban J connectivity index is 1.42. The van der Waals surface area contributed by atoms with Crippen molar-refractivity contribution in [2.45, 2.75) is 26.2 Å². The lowest BCUT2D eigenvalue weighted by Crippen LogP contribution is -2.38. The monoisotopic (exact) mass is 342 g/mol. The summed E-state index contributed by atoms with van der Waals surface area (Å²) in [6.45, 7) is 7.76. The predicted molar refractivity (Wildman–Crippen MR) is 98.7 cm³/mol. The maximum Gasteiger partial charge on any atom is 0.253 e. The SMILES string of the molecule is Cc1cccc(C(=O)N2CC[C@]3(CN(C)C[C@@H]3COCC3CC3)C2)c1. The van der Waals surface area contributed by atoms with Gasteiger partial charge < -0.3 is 14.5 Å². The lowest BCUT2D eigenvalue weighted by molar-refractivity contribution is 0.0530. The second-order valence-electron chi connectivity index (χ2n) is 8.58. The lowest BCUT2D eigenvalue weighted by Gasteiger charge is -2.30. The first-order valence-electron chi connectivity index (χ1n) is 9.68. The standard InChI is InChI=1S/C21H30N2O2/c1-16-4-3-5-18(10-16)20(24)23-9-8-21(15-23)14-22(2)11-19(21)13-25-12-17-6-7-17/h3-5,10,17,19H,6-9,11-15H2,1-2H3/t19-,21+/m1/s1. The Hall–Kier alpha value is -1.39. The Kier molecular flexibility index (Phi) is 4.59. The van der Waals surface area contributed by atoms with Crippen LogP contribution in [0, 0.1) is 24.2 Å². The van der Waals surface area contributed by atoms with Crippen molar-refractivity contribution in [3.8, 4) is 0 Å². The van der Waals surface area contributed by atoms with Crippen LogP contribution in [0.25, 0.3) is 0 Å². The average Bonchev–Trinajstić information content (AvgIpc) is 3.23. The van der Waals surface area contributed by atoms with Gasteiger partial charge in [0.2, 0.25) is 0 Å². The number of nitrogens with zero attached hydrogens (tertiary/aromatic N) is 2. The number of carbonyl (C=O) groups excluding carboxylic acids is 1. The molecule has 1 aromatic rings. The fourth-order valence-electron chi connectivity index (χ4n) is 4.68. The first kappa shape index (κ1) is 17.0. The van der Waals surface area contributed by atoms with Crippen LogP contribution in [-0.2, 0) is 4.74 Å². The Morgan fingerprint density at radius 1 is 1.28 bits per heavy atom. The van der Waals surface area contributed by atoms with Crippen LogP contribution >= 0.6 is 0 Å². The molecule has 1 spiro atoms. The molecule has 1 saturated carbocycles. The third-order valence-corrected chi connectivity index (χ3v) is 6.29. The summed E-state index contributed by atoms with van der Waals surface area (Å²) in [5.41, 5.74) is 2.19. The molecule has 4 nitrogen and oxygen atoms in total. The molecule has 1 aliphatic carbocycles. The number of likely N-dealkylation sites (tertiary alicyclic amines) is 2. The fraction of sp³-hybridized carbons (Fsp3) is 0.667. The van der Waals surface area contributed by atoms with Crippen molar-refractivity contribution in [3.63, 3.8) is 0 Å². The summed E-state index contributed by atoms with van der Waals surface area (Å²) in [6, 6.07) is 7.97. The van der Waals surface area contributed by atoms with E-state index in [1.807, 2.05) is 31.2 Å². The zero-order chi connectivity index (χ0) is 17.4. The highest BCUT2D eigenvalue weighted by Gasteiger charge is 2.50. The van der Waals surface area contributed by atoms with Crippen molar-refractivity contribution in [1.29, 1.82) is 0 Å². The van der Waals surface area contributed by atoms with Gasteiger partial charge in [0.15, 0.2) is 0 Å². The molecule has 2 atom stereocenters. The molecule has 2 saturated heterocycles. The molecule has 1 amide bonds. The van der Waals surface area contributed by atoms with Gasteiger partial charge in [-0.15, -0.1) is 0 Å². The van der Waals surface area contributed by atoms with Crippen LogP contribution in [-0.4, -0.2) is 62.1 Å². The van der Waals surface area contributed by atoms with E-state index >= 15 is 0 Å². The molecule has 136 valence electrons. The highest BCUT2D eigenvalue weighted by molar-refractivity contribution is 5.94. The topological polar surface area (TPSA) is 32.8 Å². The molecule has 2 aliphatic heterocycles. The van der Waals surface area contributed by atoms with Crippen molar-refractivity contribution in [2.24, 2.45) is 17.3 Å². The summed E-state index contributed by atoms with van der Waals surface area (Å²) in [6.07, 6.45) is 3.79. The highest BCUT2D eigenvalue weighted by Crippen LogP contribution is 2.44. The van der Waals surface area contributed by atoms with Gasteiger partial charge in [0.25, 0.3) is 5.91 Å². The molecule has 3 aliphatic rings. The number of amides is 1. The predicted octanol–water partition coefficient (Wildman–Crippen LogP) is 2.82. The summed E-state index contributed by atoms with van der Waals surface area (Å²) in [7, 11) is 2.20. The van der Waals surface area contributed by atoms with Gasteiger partial charge in [-0.25, -0.2) is 0 Å². The first-order valence-corrected chi connectivity index (χ1v) is 9.68. The normalized spacial score (nSPS) is 29.7. The number of hydrogen-bond donors (Lipinski definition) is 0. The van der Waals surface area contributed by atoms with Gasteiger partial charge in [-0.05, 0) is 51.3 Å². The number of aryl methyl sites for hydroxylation is 1. The van der Waals surface area contributed by atoms with Gasteiger partial charge in [0.05, 0.1) is 6.61 Å². The third-order valence-electron chi connectivity index (χ3n) is 6.29. The lowest BCUT2D eigenvalue weighted by atomic mass is 9.77. The van der Waals surface area contributed by atoms with E-state index in [-0.39, 0.29) is 11.3 Å². The van der Waals surface area contributed by atoms with E-state index in [0.29, 0.717) is 5.92 Å². The second kappa shape index (κ2) is 6.73. The third kappa shape index (κ3) is 3.61. The molecular weight excluding hydrogens is 312 g/mol.